The van der Waals surface area contributed by atoms with E-state index in [1.54, 1.807) is 7.11 Å². The highest BCUT2D eigenvalue weighted by atomic mass is 79.9. The van der Waals surface area contributed by atoms with Crippen LogP contribution in [0.2, 0.25) is 5.02 Å². The minimum atomic E-state index is 0.406. The average molecular weight is 439 g/mol. The number of methoxy groups -OCH3 is 1. The monoisotopic (exact) mass is 437 g/mol. The quantitative estimate of drug-likeness (QED) is 0.565. The zero-order valence-corrected chi connectivity index (χ0v) is 17.4. The lowest BCUT2D eigenvalue weighted by Crippen LogP contribution is -2.30. The predicted molar refractivity (Wildman–Crippen MR) is 110 cm³/mol. The van der Waals surface area contributed by atoms with Crippen LogP contribution in [-0.4, -0.2) is 13.2 Å². The lowest BCUT2D eigenvalue weighted by atomic mass is 9.95. The van der Waals surface area contributed by atoms with Gasteiger partial charge in [0.25, 0.3) is 0 Å². The van der Waals surface area contributed by atoms with Crippen LogP contribution in [0.3, 0.4) is 0 Å². The van der Waals surface area contributed by atoms with Gasteiger partial charge in [-0.3, -0.25) is 0 Å². The highest BCUT2D eigenvalue weighted by Crippen LogP contribution is 2.37. The summed E-state index contributed by atoms with van der Waals surface area (Å²) in [4.78, 5) is 0. The van der Waals surface area contributed by atoms with Crippen molar-refractivity contribution in [1.29, 1.82) is 0 Å². The summed E-state index contributed by atoms with van der Waals surface area (Å²) >= 11 is 9.94. The second-order valence-corrected chi connectivity index (χ2v) is 7.91. The molecule has 0 unspecified atom stereocenters. The molecule has 26 heavy (non-hydrogen) atoms. The van der Waals surface area contributed by atoms with Crippen molar-refractivity contribution in [1.82, 2.24) is 5.32 Å². The van der Waals surface area contributed by atoms with Crippen molar-refractivity contribution in [2.45, 2.75) is 51.3 Å². The molecule has 2 aromatic carbocycles. The minimum Gasteiger partial charge on any atom is -0.493 e. The number of ether oxygens (including phenoxy) is 2. The van der Waals surface area contributed by atoms with Crippen LogP contribution in [0.4, 0.5) is 0 Å². The number of benzene rings is 2. The zero-order chi connectivity index (χ0) is 18.4. The summed E-state index contributed by atoms with van der Waals surface area (Å²) in [5.74, 6) is 1.51. The van der Waals surface area contributed by atoms with Crippen LogP contribution in [0.25, 0.3) is 0 Å². The van der Waals surface area contributed by atoms with Gasteiger partial charge in [-0.05, 0) is 31.0 Å². The fraction of sp³-hybridized carbons (Fsp3) is 0.429. The van der Waals surface area contributed by atoms with Crippen molar-refractivity contribution in [2.75, 3.05) is 7.11 Å². The predicted octanol–water partition coefficient (Wildman–Crippen LogP) is 6.11. The lowest BCUT2D eigenvalue weighted by Gasteiger charge is -2.24. The molecule has 0 atom stereocenters. The van der Waals surface area contributed by atoms with E-state index in [1.165, 1.54) is 32.1 Å². The Kier molecular flexibility index (Phi) is 7.23. The lowest BCUT2D eigenvalue weighted by molar-refractivity contribution is 0.279. The highest BCUT2D eigenvalue weighted by Gasteiger charge is 2.18. The van der Waals surface area contributed by atoms with Crippen LogP contribution in [0, 0.1) is 0 Å². The van der Waals surface area contributed by atoms with Crippen LogP contribution in [0.1, 0.15) is 43.2 Å². The molecule has 3 rings (SSSR count). The summed E-state index contributed by atoms with van der Waals surface area (Å²) in [7, 11) is 1.67. The molecule has 1 aliphatic carbocycles. The maximum atomic E-state index is 6.27. The largest absolute Gasteiger partial charge is 0.493 e. The number of hydrogen-bond donors (Lipinski definition) is 1. The second kappa shape index (κ2) is 9.63. The molecule has 5 heteroatoms. The second-order valence-electron chi connectivity index (χ2n) is 6.65. The smallest absolute Gasteiger partial charge is 0.167 e. The molecule has 1 aliphatic rings. The molecule has 140 valence electrons. The highest BCUT2D eigenvalue weighted by molar-refractivity contribution is 9.10. The Bertz CT molecular complexity index is 732. The van der Waals surface area contributed by atoms with Crippen molar-refractivity contribution in [3.05, 3.63) is 57.0 Å². The Hall–Kier alpha value is -1.23. The molecule has 0 radical (unpaired) electrons. The Labute approximate surface area is 169 Å². The topological polar surface area (TPSA) is 30.5 Å². The molecule has 0 amide bonds. The Morgan fingerprint density at radius 1 is 1.12 bits per heavy atom. The third kappa shape index (κ3) is 4.93. The molecule has 1 fully saturated rings. The van der Waals surface area contributed by atoms with E-state index >= 15 is 0 Å². The molecular formula is C21H25BrClNO2. The normalized spacial score (nSPS) is 15.0. The van der Waals surface area contributed by atoms with Crippen molar-refractivity contribution in [2.24, 2.45) is 0 Å². The number of rotatable bonds is 7. The van der Waals surface area contributed by atoms with Crippen LogP contribution in [0.5, 0.6) is 11.5 Å². The van der Waals surface area contributed by atoms with E-state index in [2.05, 4.69) is 21.2 Å². The van der Waals surface area contributed by atoms with Crippen LogP contribution in [-0.2, 0) is 13.2 Å². The van der Waals surface area contributed by atoms with Gasteiger partial charge in [-0.15, -0.1) is 0 Å². The summed E-state index contributed by atoms with van der Waals surface area (Å²) in [6.45, 7) is 1.16. The maximum Gasteiger partial charge on any atom is 0.167 e. The number of halogens is 2. The van der Waals surface area contributed by atoms with Gasteiger partial charge in [-0.1, -0.05) is 65.0 Å². The summed E-state index contributed by atoms with van der Waals surface area (Å²) in [5, 5.41) is 4.40. The first-order chi connectivity index (χ1) is 12.7. The van der Waals surface area contributed by atoms with Crippen molar-refractivity contribution in [3.8, 4) is 11.5 Å². The van der Waals surface area contributed by atoms with Gasteiger partial charge in [0.15, 0.2) is 11.5 Å². The van der Waals surface area contributed by atoms with E-state index in [-0.39, 0.29) is 0 Å². The van der Waals surface area contributed by atoms with Crippen molar-refractivity contribution >= 4 is 27.5 Å². The molecule has 2 aromatic rings. The average Bonchev–Trinajstić information content (AvgIpc) is 2.67. The summed E-state index contributed by atoms with van der Waals surface area (Å²) < 4.78 is 12.7. The maximum absolute atomic E-state index is 6.27. The first-order valence-corrected chi connectivity index (χ1v) is 10.3. The first-order valence-electron chi connectivity index (χ1n) is 9.14. The summed E-state index contributed by atoms with van der Waals surface area (Å²) in [5.41, 5.74) is 2.05. The molecule has 0 aliphatic heterocycles. The van der Waals surface area contributed by atoms with Gasteiger partial charge in [0.1, 0.15) is 6.61 Å². The van der Waals surface area contributed by atoms with E-state index in [9.17, 15) is 0 Å². The van der Waals surface area contributed by atoms with Crippen LogP contribution in [0.15, 0.2) is 40.9 Å². The molecule has 0 saturated heterocycles. The summed E-state index contributed by atoms with van der Waals surface area (Å²) in [6.07, 6.45) is 6.47. The third-order valence-electron chi connectivity index (χ3n) is 4.89. The van der Waals surface area contributed by atoms with E-state index in [4.69, 9.17) is 21.1 Å². The molecule has 1 N–H and O–H groups in total. The molecule has 0 spiro atoms. The van der Waals surface area contributed by atoms with Gasteiger partial charge in [-0.25, -0.2) is 0 Å². The van der Waals surface area contributed by atoms with Crippen molar-refractivity contribution in [3.63, 3.8) is 0 Å². The van der Waals surface area contributed by atoms with Crippen molar-refractivity contribution < 1.29 is 9.47 Å². The van der Waals surface area contributed by atoms with Crippen LogP contribution < -0.4 is 14.8 Å². The van der Waals surface area contributed by atoms with Gasteiger partial charge in [0.05, 0.1) is 7.11 Å². The van der Waals surface area contributed by atoms with E-state index in [1.807, 2.05) is 36.4 Å². The first kappa shape index (κ1) is 19.5. The SMILES string of the molecule is COc1ccc(Br)c(CNC2CCCCC2)c1OCc1ccccc1Cl. The molecular weight excluding hydrogens is 414 g/mol. The Balaban J connectivity index is 1.77. The Morgan fingerprint density at radius 3 is 2.62 bits per heavy atom. The van der Waals surface area contributed by atoms with E-state index in [0.717, 1.165) is 33.6 Å². The van der Waals surface area contributed by atoms with E-state index < -0.39 is 0 Å². The van der Waals surface area contributed by atoms with Gasteiger partial charge < -0.3 is 14.8 Å². The van der Waals surface area contributed by atoms with Gasteiger partial charge >= 0.3 is 0 Å². The molecule has 0 aromatic heterocycles. The number of hydrogen-bond acceptors (Lipinski definition) is 3. The van der Waals surface area contributed by atoms with E-state index in [0.29, 0.717) is 17.7 Å². The van der Waals surface area contributed by atoms with Gasteiger partial charge in [-0.2, -0.15) is 0 Å². The molecule has 0 bridgehead atoms. The molecule has 1 saturated carbocycles. The van der Waals surface area contributed by atoms with Crippen LogP contribution >= 0.6 is 27.5 Å². The third-order valence-corrected chi connectivity index (χ3v) is 6.00. The minimum absolute atomic E-state index is 0.406. The standard InChI is InChI=1S/C21H25BrClNO2/c1-25-20-12-11-18(22)17(13-24-16-8-3-2-4-9-16)21(20)26-14-15-7-5-6-10-19(15)23/h5-7,10-12,16,24H,2-4,8-9,13-14H2,1H3. The van der Waals surface area contributed by atoms with Gasteiger partial charge in [0, 0.05) is 33.2 Å². The zero-order valence-electron chi connectivity index (χ0n) is 15.1. The fourth-order valence-electron chi connectivity index (χ4n) is 3.38. The Morgan fingerprint density at radius 2 is 1.88 bits per heavy atom. The molecule has 0 heterocycles. The van der Waals surface area contributed by atoms with Gasteiger partial charge in [0.2, 0.25) is 0 Å². The fourth-order valence-corrected chi connectivity index (χ4v) is 4.03. The number of nitrogens with one attached hydrogen (secondary N) is 1. The summed E-state index contributed by atoms with van der Waals surface area (Å²) in [6, 6.07) is 12.3. The molecule has 3 nitrogen and oxygen atoms in total.